The third-order valence-corrected chi connectivity index (χ3v) is 5.92. The maximum absolute atomic E-state index is 12.4. The van der Waals surface area contributed by atoms with Crippen molar-refractivity contribution in [3.05, 3.63) is 83.4 Å². The van der Waals surface area contributed by atoms with Crippen LogP contribution >= 0.6 is 0 Å². The Morgan fingerprint density at radius 1 is 0.971 bits per heavy atom. The summed E-state index contributed by atoms with van der Waals surface area (Å²) in [5, 5.41) is 14.5. The van der Waals surface area contributed by atoms with Gasteiger partial charge in [-0.3, -0.25) is 4.79 Å². The van der Waals surface area contributed by atoms with Crippen LogP contribution in [0.25, 0.3) is 11.1 Å². The fraction of sp³-hybridized carbons (Fsp3) is 0.222. The van der Waals surface area contributed by atoms with Gasteiger partial charge in [0, 0.05) is 30.1 Å². The Kier molecular flexibility index (Phi) is 7.01. The lowest BCUT2D eigenvalue weighted by Gasteiger charge is -2.17. The van der Waals surface area contributed by atoms with Gasteiger partial charge in [0.15, 0.2) is 0 Å². The molecule has 0 bridgehead atoms. The molecule has 35 heavy (non-hydrogen) atoms. The topological polar surface area (TPSA) is 114 Å². The van der Waals surface area contributed by atoms with Crippen molar-refractivity contribution in [1.29, 1.82) is 0 Å². The molecule has 0 radical (unpaired) electrons. The summed E-state index contributed by atoms with van der Waals surface area (Å²) in [4.78, 5) is 36.0. The molecule has 0 aliphatic heterocycles. The zero-order chi connectivity index (χ0) is 24.9. The van der Waals surface area contributed by atoms with E-state index in [1.54, 1.807) is 6.92 Å². The lowest BCUT2D eigenvalue weighted by Crippen LogP contribution is -2.36. The molecule has 0 aromatic heterocycles. The monoisotopic (exact) mass is 474 g/mol. The summed E-state index contributed by atoms with van der Waals surface area (Å²) in [5.74, 6) is -1.38. The number of fused-ring (bicyclic) bond motifs is 3. The standard InChI is InChI=1S/C27H26N2O6/c1-16(13-25(30)29-17-11-12-22(26(31)32)24(14-17)34-2)28-27(33)35-15-23-20-9-5-3-7-18(20)19-8-4-6-10-21(19)23/h3-12,14,16,23H,13,15H2,1-2H3,(H,28,33)(H,29,30)(H,31,32)/t16-/m0/s1. The minimum atomic E-state index is -1.12. The number of hydrogen-bond acceptors (Lipinski definition) is 5. The predicted octanol–water partition coefficient (Wildman–Crippen LogP) is 4.65. The minimum Gasteiger partial charge on any atom is -0.496 e. The van der Waals surface area contributed by atoms with E-state index in [9.17, 15) is 14.4 Å². The highest BCUT2D eigenvalue weighted by Crippen LogP contribution is 2.44. The Morgan fingerprint density at radius 3 is 2.20 bits per heavy atom. The molecular weight excluding hydrogens is 448 g/mol. The van der Waals surface area contributed by atoms with Crippen LogP contribution < -0.4 is 15.4 Å². The van der Waals surface area contributed by atoms with Gasteiger partial charge in [-0.1, -0.05) is 48.5 Å². The van der Waals surface area contributed by atoms with Crippen LogP contribution in [-0.4, -0.2) is 42.8 Å². The first kappa shape index (κ1) is 23.8. The number of carbonyl (C=O) groups is 3. The van der Waals surface area contributed by atoms with Crippen molar-refractivity contribution in [3.63, 3.8) is 0 Å². The number of carboxylic acids is 1. The number of rotatable bonds is 8. The van der Waals surface area contributed by atoms with Crippen molar-refractivity contribution in [2.75, 3.05) is 19.0 Å². The van der Waals surface area contributed by atoms with Crippen molar-refractivity contribution in [1.82, 2.24) is 5.32 Å². The number of alkyl carbamates (subject to hydrolysis) is 1. The third-order valence-electron chi connectivity index (χ3n) is 5.92. The Morgan fingerprint density at radius 2 is 1.60 bits per heavy atom. The first-order chi connectivity index (χ1) is 16.9. The summed E-state index contributed by atoms with van der Waals surface area (Å²) in [6.07, 6.45) is -0.590. The van der Waals surface area contributed by atoms with Gasteiger partial charge in [0.2, 0.25) is 5.91 Å². The van der Waals surface area contributed by atoms with E-state index in [1.165, 1.54) is 25.3 Å². The summed E-state index contributed by atoms with van der Waals surface area (Å²) in [5.41, 5.74) is 4.93. The van der Waals surface area contributed by atoms with Crippen molar-refractivity contribution >= 4 is 23.7 Å². The van der Waals surface area contributed by atoms with Crippen molar-refractivity contribution in [2.45, 2.75) is 25.3 Å². The zero-order valence-corrected chi connectivity index (χ0v) is 19.4. The van der Waals surface area contributed by atoms with Gasteiger partial charge in [0.1, 0.15) is 17.9 Å². The van der Waals surface area contributed by atoms with Crippen LogP contribution in [0.4, 0.5) is 10.5 Å². The first-order valence-electron chi connectivity index (χ1n) is 11.2. The SMILES string of the molecule is COc1cc(NC(=O)C[C@H](C)NC(=O)OCC2c3ccccc3-c3ccccc32)ccc1C(=O)O. The van der Waals surface area contributed by atoms with Crippen LogP contribution in [0, 0.1) is 0 Å². The molecule has 1 aliphatic rings. The molecule has 0 heterocycles. The number of nitrogens with one attached hydrogen (secondary N) is 2. The molecule has 3 aromatic carbocycles. The molecule has 0 fully saturated rings. The van der Waals surface area contributed by atoms with Crippen LogP contribution in [-0.2, 0) is 9.53 Å². The Bertz CT molecular complexity index is 1230. The number of aromatic carboxylic acids is 1. The van der Waals surface area contributed by atoms with E-state index in [4.69, 9.17) is 14.6 Å². The van der Waals surface area contributed by atoms with Gasteiger partial charge >= 0.3 is 12.1 Å². The van der Waals surface area contributed by atoms with Crippen LogP contribution in [0.1, 0.15) is 40.7 Å². The number of carboxylic acid groups (broad SMARTS) is 1. The number of benzene rings is 3. The van der Waals surface area contributed by atoms with Crippen LogP contribution in [0.15, 0.2) is 66.7 Å². The van der Waals surface area contributed by atoms with Gasteiger partial charge in [-0.05, 0) is 41.3 Å². The number of hydrogen-bond donors (Lipinski definition) is 3. The number of anilines is 1. The lowest BCUT2D eigenvalue weighted by molar-refractivity contribution is -0.116. The second kappa shape index (κ2) is 10.3. The van der Waals surface area contributed by atoms with Gasteiger partial charge < -0.3 is 25.2 Å². The molecule has 4 rings (SSSR count). The van der Waals surface area contributed by atoms with E-state index in [-0.39, 0.29) is 36.2 Å². The molecular formula is C27H26N2O6. The van der Waals surface area contributed by atoms with Gasteiger partial charge in [-0.25, -0.2) is 9.59 Å². The maximum Gasteiger partial charge on any atom is 0.407 e. The highest BCUT2D eigenvalue weighted by molar-refractivity contribution is 5.95. The minimum absolute atomic E-state index is 0.00390. The fourth-order valence-electron chi connectivity index (χ4n) is 4.33. The normalized spacial score (nSPS) is 12.7. The zero-order valence-electron chi connectivity index (χ0n) is 19.4. The van der Waals surface area contributed by atoms with E-state index in [2.05, 4.69) is 22.8 Å². The van der Waals surface area contributed by atoms with Gasteiger partial charge in [0.25, 0.3) is 0 Å². The molecule has 3 aromatic rings. The quantitative estimate of drug-likeness (QED) is 0.438. The summed E-state index contributed by atoms with van der Waals surface area (Å²) < 4.78 is 10.6. The molecule has 1 atom stereocenters. The van der Waals surface area contributed by atoms with E-state index >= 15 is 0 Å². The molecule has 0 saturated carbocycles. The van der Waals surface area contributed by atoms with Crippen LogP contribution in [0.5, 0.6) is 5.75 Å². The summed E-state index contributed by atoms with van der Waals surface area (Å²) >= 11 is 0. The van der Waals surface area contributed by atoms with Gasteiger partial charge in [0.05, 0.1) is 7.11 Å². The van der Waals surface area contributed by atoms with Crippen LogP contribution in [0.3, 0.4) is 0 Å². The summed E-state index contributed by atoms with van der Waals surface area (Å²) in [6, 6.07) is 20.0. The Labute approximate surface area is 202 Å². The first-order valence-corrected chi connectivity index (χ1v) is 11.2. The molecule has 3 N–H and O–H groups in total. The molecule has 1 aliphatic carbocycles. The highest BCUT2D eigenvalue weighted by atomic mass is 16.5. The predicted molar refractivity (Wildman–Crippen MR) is 131 cm³/mol. The molecule has 0 unspecified atom stereocenters. The fourth-order valence-corrected chi connectivity index (χ4v) is 4.33. The van der Waals surface area contributed by atoms with Crippen molar-refractivity contribution in [2.24, 2.45) is 0 Å². The Hall–Kier alpha value is -4.33. The number of ether oxygens (including phenoxy) is 2. The maximum atomic E-state index is 12.4. The number of methoxy groups -OCH3 is 1. The van der Waals surface area contributed by atoms with Crippen molar-refractivity contribution in [3.8, 4) is 16.9 Å². The molecule has 8 heteroatoms. The smallest absolute Gasteiger partial charge is 0.407 e. The largest absolute Gasteiger partial charge is 0.496 e. The summed E-state index contributed by atoms with van der Waals surface area (Å²) in [7, 11) is 1.35. The average molecular weight is 475 g/mol. The second-order valence-electron chi connectivity index (χ2n) is 8.34. The van der Waals surface area contributed by atoms with E-state index < -0.39 is 18.1 Å². The average Bonchev–Trinajstić information content (AvgIpc) is 3.16. The van der Waals surface area contributed by atoms with E-state index in [1.807, 2.05) is 36.4 Å². The van der Waals surface area contributed by atoms with Crippen molar-refractivity contribution < 1.29 is 29.0 Å². The molecule has 2 amide bonds. The molecule has 180 valence electrons. The molecule has 0 spiro atoms. The van der Waals surface area contributed by atoms with Crippen LogP contribution in [0.2, 0.25) is 0 Å². The number of carbonyl (C=O) groups excluding carboxylic acids is 2. The molecule has 0 saturated heterocycles. The third kappa shape index (κ3) is 5.27. The van der Waals surface area contributed by atoms with E-state index in [0.29, 0.717) is 5.69 Å². The van der Waals surface area contributed by atoms with E-state index in [0.717, 1.165) is 22.3 Å². The molecule has 8 nitrogen and oxygen atoms in total. The second-order valence-corrected chi connectivity index (χ2v) is 8.34. The Balaban J connectivity index is 1.30. The van der Waals surface area contributed by atoms with Gasteiger partial charge in [-0.15, -0.1) is 0 Å². The number of amides is 2. The highest BCUT2D eigenvalue weighted by Gasteiger charge is 2.29. The van der Waals surface area contributed by atoms with Gasteiger partial charge in [-0.2, -0.15) is 0 Å². The lowest BCUT2D eigenvalue weighted by atomic mass is 9.98. The summed E-state index contributed by atoms with van der Waals surface area (Å²) in [6.45, 7) is 1.89.